The molecule has 1 aliphatic rings. The van der Waals surface area contributed by atoms with Crippen LogP contribution in [0.1, 0.15) is 20.8 Å². The smallest absolute Gasteiger partial charge is 0.407 e. The number of rotatable bonds is 2. The van der Waals surface area contributed by atoms with Crippen LogP contribution in [0.4, 0.5) is 4.79 Å². The largest absolute Gasteiger partial charge is 0.442 e. The van der Waals surface area contributed by atoms with Gasteiger partial charge in [0.15, 0.2) is 0 Å². The summed E-state index contributed by atoms with van der Waals surface area (Å²) in [7, 11) is 1.62. The van der Waals surface area contributed by atoms with Crippen LogP contribution in [0.15, 0.2) is 0 Å². The van der Waals surface area contributed by atoms with E-state index in [-0.39, 0.29) is 17.7 Å². The Labute approximate surface area is 90.5 Å². The van der Waals surface area contributed by atoms with Crippen LogP contribution in [0.2, 0.25) is 0 Å². The number of hydrogen-bond acceptors (Lipinski definition) is 4. The Bertz CT molecular complexity index is 225. The van der Waals surface area contributed by atoms with Crippen LogP contribution < -0.4 is 10.6 Å². The summed E-state index contributed by atoms with van der Waals surface area (Å²) in [6.45, 7) is 7.11. The summed E-state index contributed by atoms with van der Waals surface area (Å²) < 4.78 is 10.4. The van der Waals surface area contributed by atoms with Crippen LogP contribution in [0.25, 0.3) is 0 Å². The molecule has 0 aromatic rings. The monoisotopic (exact) mass is 216 g/mol. The molecule has 1 fully saturated rings. The minimum absolute atomic E-state index is 0.0456. The summed E-state index contributed by atoms with van der Waals surface area (Å²) >= 11 is 0. The van der Waals surface area contributed by atoms with Crippen LogP contribution in [-0.4, -0.2) is 44.0 Å². The topological polar surface area (TPSA) is 59.6 Å². The number of ether oxygens (including phenoxy) is 2. The van der Waals surface area contributed by atoms with Gasteiger partial charge in [0.25, 0.3) is 0 Å². The predicted molar refractivity (Wildman–Crippen MR) is 56.8 cm³/mol. The van der Waals surface area contributed by atoms with E-state index in [1.165, 1.54) is 0 Å². The fourth-order valence-corrected chi connectivity index (χ4v) is 1.46. The standard InChI is InChI=1S/C10H20N2O3/c1-10(2,3)12-9(13)15-8-6-11-5-7(8)14-4/h7-8,11H,5-6H2,1-4H3,(H,12,13). The zero-order valence-corrected chi connectivity index (χ0v) is 9.79. The Balaban J connectivity index is 2.37. The molecule has 15 heavy (non-hydrogen) atoms. The Hall–Kier alpha value is -0.810. The molecule has 5 nitrogen and oxygen atoms in total. The zero-order chi connectivity index (χ0) is 11.5. The lowest BCUT2D eigenvalue weighted by atomic mass is 10.1. The van der Waals surface area contributed by atoms with Gasteiger partial charge in [-0.25, -0.2) is 4.79 Å². The molecule has 0 saturated carbocycles. The van der Waals surface area contributed by atoms with E-state index in [4.69, 9.17) is 9.47 Å². The van der Waals surface area contributed by atoms with E-state index in [0.29, 0.717) is 6.54 Å². The zero-order valence-electron chi connectivity index (χ0n) is 9.79. The molecule has 2 unspecified atom stereocenters. The van der Waals surface area contributed by atoms with E-state index >= 15 is 0 Å². The number of carbonyl (C=O) groups excluding carboxylic acids is 1. The summed E-state index contributed by atoms with van der Waals surface area (Å²) in [6.07, 6.45) is -0.633. The molecule has 0 aliphatic carbocycles. The minimum atomic E-state index is -0.391. The van der Waals surface area contributed by atoms with Gasteiger partial charge in [-0.3, -0.25) is 0 Å². The van der Waals surface area contributed by atoms with Crippen molar-refractivity contribution in [2.45, 2.75) is 38.5 Å². The van der Waals surface area contributed by atoms with E-state index in [1.807, 2.05) is 20.8 Å². The summed E-state index contributed by atoms with van der Waals surface area (Å²) in [4.78, 5) is 11.5. The second kappa shape index (κ2) is 4.81. The van der Waals surface area contributed by atoms with Gasteiger partial charge in [-0.05, 0) is 20.8 Å². The fourth-order valence-electron chi connectivity index (χ4n) is 1.46. The van der Waals surface area contributed by atoms with Crippen molar-refractivity contribution in [1.29, 1.82) is 0 Å². The molecule has 1 heterocycles. The quantitative estimate of drug-likeness (QED) is 0.705. The first-order valence-electron chi connectivity index (χ1n) is 5.14. The Kier molecular flexibility index (Phi) is 3.93. The molecular formula is C10H20N2O3. The molecule has 1 aliphatic heterocycles. The third-order valence-corrected chi connectivity index (χ3v) is 2.14. The van der Waals surface area contributed by atoms with Gasteiger partial charge in [0, 0.05) is 25.7 Å². The average molecular weight is 216 g/mol. The van der Waals surface area contributed by atoms with E-state index < -0.39 is 6.09 Å². The van der Waals surface area contributed by atoms with Crippen molar-refractivity contribution in [3.8, 4) is 0 Å². The number of methoxy groups -OCH3 is 1. The molecule has 88 valence electrons. The third kappa shape index (κ3) is 4.05. The van der Waals surface area contributed by atoms with Gasteiger partial charge in [-0.2, -0.15) is 0 Å². The first kappa shape index (κ1) is 12.3. The van der Waals surface area contributed by atoms with Crippen LogP contribution >= 0.6 is 0 Å². The van der Waals surface area contributed by atoms with Gasteiger partial charge < -0.3 is 20.1 Å². The maximum Gasteiger partial charge on any atom is 0.407 e. The van der Waals surface area contributed by atoms with E-state index in [0.717, 1.165) is 6.54 Å². The van der Waals surface area contributed by atoms with Crippen molar-refractivity contribution in [2.75, 3.05) is 20.2 Å². The molecule has 0 aromatic carbocycles. The molecule has 2 atom stereocenters. The number of amides is 1. The number of alkyl carbamates (subject to hydrolysis) is 1. The second-order valence-corrected chi connectivity index (χ2v) is 4.75. The second-order valence-electron chi connectivity index (χ2n) is 4.75. The summed E-state index contributed by atoms with van der Waals surface area (Å²) in [5.41, 5.74) is -0.272. The highest BCUT2D eigenvalue weighted by Gasteiger charge is 2.30. The van der Waals surface area contributed by atoms with Crippen molar-refractivity contribution in [3.05, 3.63) is 0 Å². The molecule has 0 bridgehead atoms. The number of nitrogens with one attached hydrogen (secondary N) is 2. The lowest BCUT2D eigenvalue weighted by molar-refractivity contribution is 0.00521. The molecule has 0 aromatic heterocycles. The van der Waals surface area contributed by atoms with Crippen LogP contribution in [0.3, 0.4) is 0 Å². The molecule has 5 heteroatoms. The third-order valence-electron chi connectivity index (χ3n) is 2.14. The lowest BCUT2D eigenvalue weighted by Crippen LogP contribution is -2.44. The first-order chi connectivity index (χ1) is 6.92. The Morgan fingerprint density at radius 1 is 1.33 bits per heavy atom. The van der Waals surface area contributed by atoms with Crippen molar-refractivity contribution >= 4 is 6.09 Å². The van der Waals surface area contributed by atoms with Gasteiger partial charge in [-0.15, -0.1) is 0 Å². The molecule has 1 saturated heterocycles. The maximum absolute atomic E-state index is 11.5. The molecular weight excluding hydrogens is 196 g/mol. The van der Waals surface area contributed by atoms with Crippen LogP contribution in [0.5, 0.6) is 0 Å². The van der Waals surface area contributed by atoms with E-state index in [9.17, 15) is 4.79 Å². The van der Waals surface area contributed by atoms with E-state index in [2.05, 4.69) is 10.6 Å². The highest BCUT2D eigenvalue weighted by molar-refractivity contribution is 5.68. The Morgan fingerprint density at radius 3 is 2.47 bits per heavy atom. The van der Waals surface area contributed by atoms with Crippen LogP contribution in [0, 0.1) is 0 Å². The van der Waals surface area contributed by atoms with E-state index in [1.54, 1.807) is 7.11 Å². The van der Waals surface area contributed by atoms with Crippen molar-refractivity contribution < 1.29 is 14.3 Å². The SMILES string of the molecule is COC1CNCC1OC(=O)NC(C)(C)C. The Morgan fingerprint density at radius 2 is 1.93 bits per heavy atom. The van der Waals surface area contributed by atoms with Crippen molar-refractivity contribution in [2.24, 2.45) is 0 Å². The molecule has 0 spiro atoms. The maximum atomic E-state index is 11.5. The minimum Gasteiger partial charge on any atom is -0.442 e. The van der Waals surface area contributed by atoms with Gasteiger partial charge in [0.05, 0.1) is 0 Å². The van der Waals surface area contributed by atoms with Gasteiger partial charge in [0.1, 0.15) is 12.2 Å². The fraction of sp³-hybridized carbons (Fsp3) is 0.900. The average Bonchev–Trinajstić information content (AvgIpc) is 2.48. The lowest BCUT2D eigenvalue weighted by Gasteiger charge is -2.23. The van der Waals surface area contributed by atoms with Gasteiger partial charge >= 0.3 is 6.09 Å². The molecule has 0 radical (unpaired) electrons. The summed E-state index contributed by atoms with van der Waals surface area (Å²) in [5.74, 6) is 0. The highest BCUT2D eigenvalue weighted by atomic mass is 16.6. The number of carbonyl (C=O) groups is 1. The molecule has 2 N–H and O–H groups in total. The van der Waals surface area contributed by atoms with Gasteiger partial charge in [-0.1, -0.05) is 0 Å². The number of hydrogen-bond donors (Lipinski definition) is 2. The van der Waals surface area contributed by atoms with Gasteiger partial charge in [0.2, 0.25) is 0 Å². The summed E-state index contributed by atoms with van der Waals surface area (Å²) in [5, 5.41) is 5.86. The van der Waals surface area contributed by atoms with Crippen molar-refractivity contribution in [1.82, 2.24) is 10.6 Å². The molecule has 1 rings (SSSR count). The van der Waals surface area contributed by atoms with Crippen LogP contribution in [-0.2, 0) is 9.47 Å². The first-order valence-corrected chi connectivity index (χ1v) is 5.14. The predicted octanol–water partition coefficient (Wildman–Crippen LogP) is 0.498. The normalized spacial score (nSPS) is 26.4. The highest BCUT2D eigenvalue weighted by Crippen LogP contribution is 2.09. The molecule has 1 amide bonds. The summed E-state index contributed by atoms with van der Waals surface area (Å²) in [6, 6.07) is 0. The van der Waals surface area contributed by atoms with Crippen molar-refractivity contribution in [3.63, 3.8) is 0 Å².